The lowest BCUT2D eigenvalue weighted by Crippen LogP contribution is -2.33. The van der Waals surface area contributed by atoms with Gasteiger partial charge in [0.1, 0.15) is 5.75 Å². The maximum absolute atomic E-state index is 12.8. The molecule has 0 unspecified atom stereocenters. The molecule has 0 aliphatic heterocycles. The molecule has 180 valence electrons. The largest absolute Gasteiger partial charge is 0.497 e. The minimum Gasteiger partial charge on any atom is -0.497 e. The Morgan fingerprint density at radius 2 is 1.79 bits per heavy atom. The molecule has 0 saturated carbocycles. The third-order valence-corrected chi connectivity index (χ3v) is 6.75. The van der Waals surface area contributed by atoms with Gasteiger partial charge in [-0.1, -0.05) is 48.8 Å². The Bertz CT molecular complexity index is 1170. The van der Waals surface area contributed by atoms with Crippen molar-refractivity contribution in [3.8, 4) is 5.75 Å². The topological polar surface area (TPSA) is 98.1 Å². The molecule has 1 atom stereocenters. The lowest BCUT2D eigenvalue weighted by Gasteiger charge is -2.21. The molecule has 0 aliphatic carbocycles. The summed E-state index contributed by atoms with van der Waals surface area (Å²) < 4.78 is 6.93. The SMILES string of the molecule is COc1ccc(C(=O)N[C@@H](c2nnc(SCC(=O)Nc3ccc(Cl)c(Cl)c3)n2C)C(C)C)cc1. The van der Waals surface area contributed by atoms with Crippen molar-refractivity contribution in [1.29, 1.82) is 0 Å². The predicted molar refractivity (Wildman–Crippen MR) is 135 cm³/mol. The molecule has 11 heteroatoms. The average molecular weight is 522 g/mol. The number of benzene rings is 2. The molecule has 0 saturated heterocycles. The zero-order chi connectivity index (χ0) is 24.8. The fourth-order valence-electron chi connectivity index (χ4n) is 3.12. The summed E-state index contributed by atoms with van der Waals surface area (Å²) in [6.45, 7) is 3.98. The summed E-state index contributed by atoms with van der Waals surface area (Å²) >= 11 is 13.1. The van der Waals surface area contributed by atoms with Gasteiger partial charge in [0.25, 0.3) is 5.91 Å². The first-order chi connectivity index (χ1) is 16.2. The Hall–Kier alpha value is -2.75. The summed E-state index contributed by atoms with van der Waals surface area (Å²) in [5.41, 5.74) is 1.07. The maximum Gasteiger partial charge on any atom is 0.251 e. The monoisotopic (exact) mass is 521 g/mol. The van der Waals surface area contributed by atoms with Crippen molar-refractivity contribution in [3.05, 3.63) is 63.9 Å². The van der Waals surface area contributed by atoms with Gasteiger partial charge in [-0.05, 0) is 48.4 Å². The van der Waals surface area contributed by atoms with Gasteiger partial charge in [-0.2, -0.15) is 0 Å². The lowest BCUT2D eigenvalue weighted by atomic mass is 10.0. The molecule has 0 fully saturated rings. The molecule has 3 rings (SSSR count). The fourth-order valence-corrected chi connectivity index (χ4v) is 4.14. The summed E-state index contributed by atoms with van der Waals surface area (Å²) in [5, 5.41) is 15.6. The number of methoxy groups -OCH3 is 1. The van der Waals surface area contributed by atoms with Gasteiger partial charge in [-0.3, -0.25) is 9.59 Å². The van der Waals surface area contributed by atoms with E-state index in [2.05, 4.69) is 20.8 Å². The second-order valence-corrected chi connectivity index (χ2v) is 9.55. The second kappa shape index (κ2) is 11.6. The lowest BCUT2D eigenvalue weighted by molar-refractivity contribution is -0.113. The molecule has 2 N–H and O–H groups in total. The van der Waals surface area contributed by atoms with Crippen LogP contribution in [0.3, 0.4) is 0 Å². The molecule has 34 heavy (non-hydrogen) atoms. The number of carbonyl (C=O) groups excluding carboxylic acids is 2. The summed E-state index contributed by atoms with van der Waals surface area (Å²) in [6, 6.07) is 11.4. The third kappa shape index (κ3) is 6.43. The summed E-state index contributed by atoms with van der Waals surface area (Å²) in [7, 11) is 3.38. The van der Waals surface area contributed by atoms with Crippen molar-refractivity contribution in [3.63, 3.8) is 0 Å². The quantitative estimate of drug-likeness (QED) is 0.385. The van der Waals surface area contributed by atoms with E-state index in [1.165, 1.54) is 11.8 Å². The average Bonchev–Trinajstić information content (AvgIpc) is 3.18. The molecule has 3 aromatic rings. The Morgan fingerprint density at radius 1 is 1.09 bits per heavy atom. The van der Waals surface area contributed by atoms with Crippen molar-refractivity contribution in [1.82, 2.24) is 20.1 Å². The first kappa shape index (κ1) is 25.9. The highest BCUT2D eigenvalue weighted by Gasteiger charge is 2.25. The van der Waals surface area contributed by atoms with Crippen LogP contribution >= 0.6 is 35.0 Å². The Labute approximate surface area is 212 Å². The molecule has 8 nitrogen and oxygen atoms in total. The Kier molecular flexibility index (Phi) is 8.82. The van der Waals surface area contributed by atoms with E-state index >= 15 is 0 Å². The Balaban J connectivity index is 1.65. The van der Waals surface area contributed by atoms with Gasteiger partial charge in [0.2, 0.25) is 5.91 Å². The summed E-state index contributed by atoms with van der Waals surface area (Å²) in [6.07, 6.45) is 0. The van der Waals surface area contributed by atoms with Gasteiger partial charge in [0, 0.05) is 18.3 Å². The molecule has 1 heterocycles. The van der Waals surface area contributed by atoms with Crippen molar-refractivity contribution < 1.29 is 14.3 Å². The van der Waals surface area contributed by atoms with E-state index in [-0.39, 0.29) is 29.5 Å². The number of nitrogens with zero attached hydrogens (tertiary/aromatic N) is 3. The number of thioether (sulfide) groups is 1. The van der Waals surface area contributed by atoms with Crippen LogP contribution in [0.15, 0.2) is 47.6 Å². The zero-order valence-corrected chi connectivity index (χ0v) is 21.5. The van der Waals surface area contributed by atoms with Crippen molar-refractivity contribution in [2.75, 3.05) is 18.2 Å². The van der Waals surface area contributed by atoms with Gasteiger partial charge in [-0.15, -0.1) is 10.2 Å². The number of hydrogen-bond donors (Lipinski definition) is 2. The number of nitrogens with one attached hydrogen (secondary N) is 2. The molecule has 2 amide bonds. The Morgan fingerprint density at radius 3 is 2.41 bits per heavy atom. The van der Waals surface area contributed by atoms with E-state index < -0.39 is 0 Å². The first-order valence-electron chi connectivity index (χ1n) is 10.4. The highest BCUT2D eigenvalue weighted by Crippen LogP contribution is 2.27. The first-order valence-corrected chi connectivity index (χ1v) is 12.2. The maximum atomic E-state index is 12.8. The number of halogens is 2. The molecule has 0 aliphatic rings. The zero-order valence-electron chi connectivity index (χ0n) is 19.1. The summed E-state index contributed by atoms with van der Waals surface area (Å²) in [4.78, 5) is 25.2. The van der Waals surface area contributed by atoms with Crippen LogP contribution in [0.25, 0.3) is 0 Å². The minimum absolute atomic E-state index is 0.0564. The van der Waals surface area contributed by atoms with E-state index in [9.17, 15) is 9.59 Å². The van der Waals surface area contributed by atoms with E-state index in [0.29, 0.717) is 38.0 Å². The number of aromatic nitrogens is 3. The van der Waals surface area contributed by atoms with Crippen LogP contribution < -0.4 is 15.4 Å². The van der Waals surface area contributed by atoms with Crippen molar-refractivity contribution in [2.24, 2.45) is 13.0 Å². The van der Waals surface area contributed by atoms with Crippen LogP contribution in [0.5, 0.6) is 5.75 Å². The number of amides is 2. The standard InChI is InChI=1S/C23H25Cl2N5O3S/c1-13(2)20(27-22(32)14-5-8-16(33-4)9-6-14)21-28-29-23(30(21)3)34-12-19(31)26-15-7-10-17(24)18(25)11-15/h5-11,13,20H,12H2,1-4H3,(H,26,31)(H,27,32)/t20-/m1/s1. The molecule has 1 aromatic heterocycles. The molecule has 0 bridgehead atoms. The molecular weight excluding hydrogens is 497 g/mol. The van der Waals surface area contributed by atoms with Gasteiger partial charge in [0.05, 0.1) is 28.9 Å². The molecule has 0 spiro atoms. The van der Waals surface area contributed by atoms with Gasteiger partial charge in [0.15, 0.2) is 11.0 Å². The number of ether oxygens (including phenoxy) is 1. The van der Waals surface area contributed by atoms with E-state index in [0.717, 1.165) is 0 Å². The number of rotatable bonds is 9. The van der Waals surface area contributed by atoms with E-state index in [4.69, 9.17) is 27.9 Å². The van der Waals surface area contributed by atoms with Crippen molar-refractivity contribution in [2.45, 2.75) is 25.0 Å². The second-order valence-electron chi connectivity index (χ2n) is 7.79. The third-order valence-electron chi connectivity index (χ3n) is 4.99. The highest BCUT2D eigenvalue weighted by atomic mass is 35.5. The molecular formula is C23H25Cl2N5O3S. The van der Waals surface area contributed by atoms with Crippen LogP contribution in [0, 0.1) is 5.92 Å². The molecule has 0 radical (unpaired) electrons. The smallest absolute Gasteiger partial charge is 0.251 e. The van der Waals surface area contributed by atoms with Crippen LogP contribution in [0.4, 0.5) is 5.69 Å². The number of hydrogen-bond acceptors (Lipinski definition) is 6. The highest BCUT2D eigenvalue weighted by molar-refractivity contribution is 7.99. The van der Waals surface area contributed by atoms with E-state index in [1.54, 1.807) is 54.1 Å². The van der Waals surface area contributed by atoms with Crippen LogP contribution in [0.1, 0.15) is 36.1 Å². The van der Waals surface area contributed by atoms with Gasteiger partial charge < -0.3 is 19.9 Å². The summed E-state index contributed by atoms with van der Waals surface area (Å²) in [5.74, 6) is 1.01. The normalized spacial score (nSPS) is 11.9. The van der Waals surface area contributed by atoms with Gasteiger partial charge in [-0.25, -0.2) is 0 Å². The van der Waals surface area contributed by atoms with Crippen molar-refractivity contribution >= 4 is 52.5 Å². The molecule has 2 aromatic carbocycles. The number of anilines is 1. The van der Waals surface area contributed by atoms with Crippen LogP contribution in [-0.2, 0) is 11.8 Å². The van der Waals surface area contributed by atoms with Crippen LogP contribution in [0.2, 0.25) is 10.0 Å². The van der Waals surface area contributed by atoms with Gasteiger partial charge >= 0.3 is 0 Å². The fraction of sp³-hybridized carbons (Fsp3) is 0.304. The number of carbonyl (C=O) groups is 2. The predicted octanol–water partition coefficient (Wildman–Crippen LogP) is 4.99. The van der Waals surface area contributed by atoms with Crippen LogP contribution in [-0.4, -0.2) is 39.4 Å². The minimum atomic E-state index is -0.369. The van der Waals surface area contributed by atoms with E-state index in [1.807, 2.05) is 20.9 Å².